The summed E-state index contributed by atoms with van der Waals surface area (Å²) in [5.41, 5.74) is 2.07. The number of rotatable bonds is 4. The molecular formula is C20H19F2NO4. The lowest BCUT2D eigenvalue weighted by Crippen LogP contribution is -2.34. The number of hydrogen-bond acceptors (Lipinski definition) is 5. The van der Waals surface area contributed by atoms with E-state index in [1.165, 1.54) is 6.07 Å². The maximum atomic E-state index is 13.5. The molecule has 0 N–H and O–H groups in total. The third-order valence-corrected chi connectivity index (χ3v) is 5.17. The van der Waals surface area contributed by atoms with E-state index in [0.717, 1.165) is 36.2 Å². The third kappa shape index (κ3) is 3.02. The number of ketones is 1. The van der Waals surface area contributed by atoms with Crippen molar-refractivity contribution in [1.29, 1.82) is 0 Å². The number of likely N-dealkylation sites (N-methyl/N-ethyl adjacent to an activating group) is 1. The van der Waals surface area contributed by atoms with Crippen molar-refractivity contribution in [2.24, 2.45) is 0 Å². The Morgan fingerprint density at radius 3 is 2.81 bits per heavy atom. The van der Waals surface area contributed by atoms with Crippen LogP contribution in [0.5, 0.6) is 17.2 Å². The first kappa shape index (κ1) is 17.7. The molecule has 0 fully saturated rings. The summed E-state index contributed by atoms with van der Waals surface area (Å²) in [4.78, 5) is 14.8. The lowest BCUT2D eigenvalue weighted by atomic mass is 9.87. The van der Waals surface area contributed by atoms with Crippen molar-refractivity contribution >= 4 is 5.78 Å². The van der Waals surface area contributed by atoms with E-state index >= 15 is 0 Å². The van der Waals surface area contributed by atoms with Gasteiger partial charge in [0.1, 0.15) is 0 Å². The maximum Gasteiger partial charge on any atom is 0.231 e. The summed E-state index contributed by atoms with van der Waals surface area (Å²) in [7, 11) is 3.48. The monoisotopic (exact) mass is 375 g/mol. The number of nitrogens with zero attached hydrogens (tertiary/aromatic N) is 1. The van der Waals surface area contributed by atoms with Crippen molar-refractivity contribution in [2.45, 2.75) is 18.9 Å². The minimum absolute atomic E-state index is 0.116. The SMILES string of the molecule is COc1c2c(cc3c1C(CC(=O)c1ccc(F)c(F)c1)N(C)CC3)OCO2. The summed E-state index contributed by atoms with van der Waals surface area (Å²) in [6.45, 7) is 0.883. The lowest BCUT2D eigenvalue weighted by Gasteiger charge is -2.35. The number of ether oxygens (including phenoxy) is 3. The molecule has 0 bridgehead atoms. The Morgan fingerprint density at radius 2 is 2.07 bits per heavy atom. The van der Waals surface area contributed by atoms with Crippen LogP contribution in [0.2, 0.25) is 0 Å². The molecule has 142 valence electrons. The van der Waals surface area contributed by atoms with Gasteiger partial charge < -0.3 is 14.2 Å². The van der Waals surface area contributed by atoms with Crippen molar-refractivity contribution in [3.8, 4) is 17.2 Å². The second kappa shape index (κ2) is 6.81. The molecular weight excluding hydrogens is 356 g/mol. The van der Waals surface area contributed by atoms with E-state index in [0.29, 0.717) is 17.2 Å². The number of halogens is 2. The Balaban J connectivity index is 1.72. The fourth-order valence-electron chi connectivity index (χ4n) is 3.75. The molecule has 0 saturated heterocycles. The Labute approximate surface area is 155 Å². The zero-order chi connectivity index (χ0) is 19.1. The van der Waals surface area contributed by atoms with Crippen molar-refractivity contribution in [1.82, 2.24) is 4.90 Å². The molecule has 0 radical (unpaired) electrons. The van der Waals surface area contributed by atoms with Crippen LogP contribution < -0.4 is 14.2 Å². The lowest BCUT2D eigenvalue weighted by molar-refractivity contribution is 0.0925. The molecule has 0 amide bonds. The topological polar surface area (TPSA) is 48.0 Å². The molecule has 2 aromatic rings. The highest BCUT2D eigenvalue weighted by molar-refractivity contribution is 5.96. The molecule has 27 heavy (non-hydrogen) atoms. The van der Waals surface area contributed by atoms with Crippen LogP contribution >= 0.6 is 0 Å². The zero-order valence-corrected chi connectivity index (χ0v) is 15.1. The molecule has 1 unspecified atom stereocenters. The molecule has 0 aliphatic carbocycles. The van der Waals surface area contributed by atoms with Gasteiger partial charge in [-0.3, -0.25) is 9.69 Å². The van der Waals surface area contributed by atoms with Crippen LogP contribution in [0.4, 0.5) is 8.78 Å². The van der Waals surface area contributed by atoms with E-state index in [4.69, 9.17) is 14.2 Å². The van der Waals surface area contributed by atoms with Crippen LogP contribution in [0, 0.1) is 11.6 Å². The van der Waals surface area contributed by atoms with Crippen molar-refractivity contribution in [3.63, 3.8) is 0 Å². The van der Waals surface area contributed by atoms with Crippen LogP contribution in [0.15, 0.2) is 24.3 Å². The number of fused-ring (bicyclic) bond motifs is 2. The summed E-state index contributed by atoms with van der Waals surface area (Å²) in [6, 6.07) is 4.89. The Bertz CT molecular complexity index is 915. The quantitative estimate of drug-likeness (QED) is 0.766. The minimum atomic E-state index is -1.03. The first-order chi connectivity index (χ1) is 13.0. The average Bonchev–Trinajstić information content (AvgIpc) is 3.12. The first-order valence-electron chi connectivity index (χ1n) is 8.67. The van der Waals surface area contributed by atoms with Gasteiger partial charge >= 0.3 is 0 Å². The molecule has 7 heteroatoms. The molecule has 2 aromatic carbocycles. The molecule has 0 aromatic heterocycles. The highest BCUT2D eigenvalue weighted by atomic mass is 19.2. The van der Waals surface area contributed by atoms with Crippen LogP contribution in [-0.4, -0.2) is 38.2 Å². The number of carbonyl (C=O) groups is 1. The summed E-state index contributed by atoms with van der Waals surface area (Å²) in [6.07, 6.45) is 0.902. The second-order valence-electron chi connectivity index (χ2n) is 6.72. The summed E-state index contributed by atoms with van der Waals surface area (Å²) >= 11 is 0. The largest absolute Gasteiger partial charge is 0.492 e. The number of methoxy groups -OCH3 is 1. The van der Waals surface area contributed by atoms with Crippen LogP contribution in [0.3, 0.4) is 0 Å². The van der Waals surface area contributed by atoms with E-state index in [9.17, 15) is 13.6 Å². The van der Waals surface area contributed by atoms with E-state index in [2.05, 4.69) is 4.90 Å². The van der Waals surface area contributed by atoms with Crippen molar-refractivity contribution < 1.29 is 27.8 Å². The zero-order valence-electron chi connectivity index (χ0n) is 15.1. The number of carbonyl (C=O) groups excluding carboxylic acids is 1. The van der Waals surface area contributed by atoms with E-state index < -0.39 is 11.6 Å². The Hall–Kier alpha value is -2.67. The van der Waals surface area contributed by atoms with Crippen LogP contribution in [0.25, 0.3) is 0 Å². The predicted molar refractivity (Wildman–Crippen MR) is 93.5 cm³/mol. The molecule has 0 saturated carbocycles. The first-order valence-corrected chi connectivity index (χ1v) is 8.67. The molecule has 2 aliphatic rings. The normalized spacial score (nSPS) is 18.3. The van der Waals surface area contributed by atoms with E-state index in [1.807, 2.05) is 13.1 Å². The fraction of sp³-hybridized carbons (Fsp3) is 0.350. The van der Waals surface area contributed by atoms with Crippen molar-refractivity contribution in [3.05, 3.63) is 52.6 Å². The number of Topliss-reactive ketones (excluding diaryl/α,β-unsaturated/α-hetero) is 1. The smallest absolute Gasteiger partial charge is 0.231 e. The number of hydrogen-bond donors (Lipinski definition) is 0. The van der Waals surface area contributed by atoms with Gasteiger partial charge in [-0.15, -0.1) is 0 Å². The molecule has 2 aliphatic heterocycles. The van der Waals surface area contributed by atoms with E-state index in [-0.39, 0.29) is 30.6 Å². The summed E-state index contributed by atoms with van der Waals surface area (Å²) in [5, 5.41) is 0. The number of benzene rings is 2. The predicted octanol–water partition coefficient (Wildman–Crippen LogP) is 3.50. The molecule has 5 nitrogen and oxygen atoms in total. The molecule has 1 atom stereocenters. The van der Waals surface area contributed by atoms with Gasteiger partial charge in [0.05, 0.1) is 7.11 Å². The minimum Gasteiger partial charge on any atom is -0.492 e. The Morgan fingerprint density at radius 1 is 1.26 bits per heavy atom. The molecule has 0 spiro atoms. The highest BCUT2D eigenvalue weighted by Gasteiger charge is 2.35. The van der Waals surface area contributed by atoms with Crippen LogP contribution in [-0.2, 0) is 6.42 Å². The van der Waals surface area contributed by atoms with Gasteiger partial charge in [-0.05, 0) is 43.3 Å². The van der Waals surface area contributed by atoms with Crippen LogP contribution in [0.1, 0.15) is 33.9 Å². The second-order valence-corrected chi connectivity index (χ2v) is 6.72. The van der Waals surface area contributed by atoms with Gasteiger partial charge in [-0.25, -0.2) is 8.78 Å². The van der Waals surface area contributed by atoms with Gasteiger partial charge in [0.15, 0.2) is 28.9 Å². The van der Waals surface area contributed by atoms with Crippen molar-refractivity contribution in [2.75, 3.05) is 27.5 Å². The average molecular weight is 375 g/mol. The van der Waals surface area contributed by atoms with Gasteiger partial charge in [-0.2, -0.15) is 0 Å². The van der Waals surface area contributed by atoms with Gasteiger partial charge in [0.2, 0.25) is 12.5 Å². The third-order valence-electron chi connectivity index (χ3n) is 5.17. The standard InChI is InChI=1S/C20H19F2NO4/c1-23-6-5-12-8-17-19(27-10-26-17)20(25-2)18(12)15(23)9-16(24)11-3-4-13(21)14(22)7-11/h3-4,7-8,15H,5-6,9-10H2,1-2H3. The maximum absolute atomic E-state index is 13.5. The van der Waals surface area contributed by atoms with Gasteiger partial charge in [0, 0.05) is 30.1 Å². The molecule has 2 heterocycles. The molecule has 4 rings (SSSR count). The highest BCUT2D eigenvalue weighted by Crippen LogP contribution is 2.50. The fourth-order valence-corrected chi connectivity index (χ4v) is 3.75. The van der Waals surface area contributed by atoms with Gasteiger partial charge in [0.25, 0.3) is 0 Å². The summed E-state index contributed by atoms with van der Waals surface area (Å²) in [5.74, 6) is -0.522. The summed E-state index contributed by atoms with van der Waals surface area (Å²) < 4.78 is 43.3. The van der Waals surface area contributed by atoms with E-state index in [1.54, 1.807) is 7.11 Å². The Kier molecular flexibility index (Phi) is 4.47. The van der Waals surface area contributed by atoms with Gasteiger partial charge in [-0.1, -0.05) is 0 Å².